The van der Waals surface area contributed by atoms with E-state index in [4.69, 9.17) is 4.74 Å². The van der Waals surface area contributed by atoms with Gasteiger partial charge in [0, 0.05) is 4.47 Å². The number of rotatable bonds is 3. The van der Waals surface area contributed by atoms with E-state index < -0.39 is 0 Å². The molecule has 0 bridgehead atoms. The Balaban J connectivity index is 2.04. The van der Waals surface area contributed by atoms with Crippen LogP contribution in [0.15, 0.2) is 46.9 Å². The summed E-state index contributed by atoms with van der Waals surface area (Å²) in [6, 6.07) is 12.4. The molecular weight excluding hydrogens is 283 g/mol. The van der Waals surface area contributed by atoms with Crippen molar-refractivity contribution in [1.82, 2.24) is 0 Å². The lowest BCUT2D eigenvalue weighted by Gasteiger charge is -2.09. The molecule has 0 heterocycles. The van der Waals surface area contributed by atoms with Gasteiger partial charge in [-0.25, -0.2) is 4.39 Å². The third-order valence-electron chi connectivity index (χ3n) is 2.44. The molecule has 0 unspecified atom stereocenters. The second-order valence-electron chi connectivity index (χ2n) is 3.82. The molecule has 0 saturated carbocycles. The average Bonchev–Trinajstić information content (AvgIpc) is 2.30. The van der Waals surface area contributed by atoms with Crippen LogP contribution >= 0.6 is 15.9 Å². The fraction of sp³-hybridized carbons (Fsp3) is 0.143. The van der Waals surface area contributed by atoms with Crippen LogP contribution in [0.2, 0.25) is 0 Å². The SMILES string of the molecule is Cc1cc(F)ccc1OCc1ccc(Br)cc1. The van der Waals surface area contributed by atoms with Crippen LogP contribution in [-0.4, -0.2) is 0 Å². The molecule has 3 heteroatoms. The molecule has 0 saturated heterocycles. The quantitative estimate of drug-likeness (QED) is 0.811. The molecule has 0 aliphatic carbocycles. The topological polar surface area (TPSA) is 9.23 Å². The highest BCUT2D eigenvalue weighted by atomic mass is 79.9. The molecule has 0 atom stereocenters. The minimum atomic E-state index is -0.238. The maximum atomic E-state index is 12.9. The highest BCUT2D eigenvalue weighted by Gasteiger charge is 2.01. The molecule has 2 aromatic carbocycles. The zero-order valence-electron chi connectivity index (χ0n) is 9.41. The van der Waals surface area contributed by atoms with Gasteiger partial charge >= 0.3 is 0 Å². The van der Waals surface area contributed by atoms with Crippen LogP contribution in [0.25, 0.3) is 0 Å². The molecule has 0 amide bonds. The van der Waals surface area contributed by atoms with Crippen molar-refractivity contribution in [3.63, 3.8) is 0 Å². The third-order valence-corrected chi connectivity index (χ3v) is 2.97. The van der Waals surface area contributed by atoms with Gasteiger partial charge in [-0.2, -0.15) is 0 Å². The lowest BCUT2D eigenvalue weighted by Crippen LogP contribution is -1.97. The first-order chi connectivity index (χ1) is 8.15. The van der Waals surface area contributed by atoms with Crippen molar-refractivity contribution in [3.8, 4) is 5.75 Å². The Morgan fingerprint density at radius 1 is 1.12 bits per heavy atom. The smallest absolute Gasteiger partial charge is 0.123 e. The van der Waals surface area contributed by atoms with Gasteiger partial charge in [0.05, 0.1) is 0 Å². The fourth-order valence-electron chi connectivity index (χ4n) is 1.52. The van der Waals surface area contributed by atoms with Crippen LogP contribution in [0.3, 0.4) is 0 Å². The van der Waals surface area contributed by atoms with E-state index in [0.29, 0.717) is 12.4 Å². The van der Waals surface area contributed by atoms with Crippen molar-refractivity contribution >= 4 is 15.9 Å². The fourth-order valence-corrected chi connectivity index (χ4v) is 1.78. The van der Waals surface area contributed by atoms with Gasteiger partial charge in [0.2, 0.25) is 0 Å². The minimum absolute atomic E-state index is 0.238. The Bertz CT molecular complexity index is 508. The highest BCUT2D eigenvalue weighted by molar-refractivity contribution is 9.10. The monoisotopic (exact) mass is 294 g/mol. The zero-order chi connectivity index (χ0) is 12.3. The second-order valence-corrected chi connectivity index (χ2v) is 4.74. The van der Waals surface area contributed by atoms with Crippen molar-refractivity contribution in [2.45, 2.75) is 13.5 Å². The zero-order valence-corrected chi connectivity index (χ0v) is 11.0. The average molecular weight is 295 g/mol. The maximum Gasteiger partial charge on any atom is 0.123 e. The van der Waals surface area contributed by atoms with Crippen LogP contribution < -0.4 is 4.74 Å². The molecular formula is C14H12BrFO. The van der Waals surface area contributed by atoms with E-state index in [1.807, 2.05) is 31.2 Å². The molecule has 0 aliphatic heterocycles. The van der Waals surface area contributed by atoms with Crippen molar-refractivity contribution < 1.29 is 9.13 Å². The number of benzene rings is 2. The third kappa shape index (κ3) is 3.30. The van der Waals surface area contributed by atoms with Gasteiger partial charge in [-0.15, -0.1) is 0 Å². The van der Waals surface area contributed by atoms with Gasteiger partial charge in [0.1, 0.15) is 18.2 Å². The molecule has 0 spiro atoms. The molecule has 88 valence electrons. The number of ether oxygens (including phenoxy) is 1. The van der Waals surface area contributed by atoms with E-state index in [2.05, 4.69) is 15.9 Å². The summed E-state index contributed by atoms with van der Waals surface area (Å²) in [5.41, 5.74) is 1.89. The molecule has 17 heavy (non-hydrogen) atoms. The number of hydrogen-bond donors (Lipinski definition) is 0. The predicted molar refractivity (Wildman–Crippen MR) is 69.6 cm³/mol. The van der Waals surface area contributed by atoms with Crippen LogP contribution in [-0.2, 0) is 6.61 Å². The largest absolute Gasteiger partial charge is 0.489 e. The predicted octanol–water partition coefficient (Wildman–Crippen LogP) is 4.48. The van der Waals surface area contributed by atoms with Gasteiger partial charge in [-0.05, 0) is 48.4 Å². The summed E-state index contributed by atoms with van der Waals surface area (Å²) in [7, 11) is 0. The van der Waals surface area contributed by atoms with E-state index in [1.54, 1.807) is 6.07 Å². The molecule has 0 aliphatic rings. The Labute approximate surface area is 108 Å². The van der Waals surface area contributed by atoms with Gasteiger partial charge < -0.3 is 4.74 Å². The van der Waals surface area contributed by atoms with E-state index in [1.165, 1.54) is 12.1 Å². The summed E-state index contributed by atoms with van der Waals surface area (Å²) in [5.74, 6) is 0.479. The Kier molecular flexibility index (Phi) is 3.79. The van der Waals surface area contributed by atoms with Gasteiger partial charge in [0.15, 0.2) is 0 Å². The van der Waals surface area contributed by atoms with Crippen LogP contribution in [0.4, 0.5) is 4.39 Å². The highest BCUT2D eigenvalue weighted by Crippen LogP contribution is 2.20. The van der Waals surface area contributed by atoms with Gasteiger partial charge in [0.25, 0.3) is 0 Å². The Hall–Kier alpha value is -1.35. The Morgan fingerprint density at radius 3 is 2.47 bits per heavy atom. The van der Waals surface area contributed by atoms with Crippen LogP contribution in [0.1, 0.15) is 11.1 Å². The first-order valence-electron chi connectivity index (χ1n) is 5.28. The van der Waals surface area contributed by atoms with Gasteiger partial charge in [-0.1, -0.05) is 28.1 Å². The second kappa shape index (κ2) is 5.32. The number of aryl methyl sites for hydroxylation is 1. The molecule has 1 nitrogen and oxygen atoms in total. The van der Waals surface area contributed by atoms with Crippen LogP contribution in [0.5, 0.6) is 5.75 Å². The minimum Gasteiger partial charge on any atom is -0.489 e. The lowest BCUT2D eigenvalue weighted by atomic mass is 10.2. The normalized spacial score (nSPS) is 10.3. The van der Waals surface area contributed by atoms with Crippen molar-refractivity contribution in [2.24, 2.45) is 0 Å². The summed E-state index contributed by atoms with van der Waals surface area (Å²) in [5, 5.41) is 0. The summed E-state index contributed by atoms with van der Waals surface area (Å²) in [6.45, 7) is 2.32. The molecule has 0 fully saturated rings. The summed E-state index contributed by atoms with van der Waals surface area (Å²) < 4.78 is 19.6. The molecule has 2 aromatic rings. The molecule has 0 aromatic heterocycles. The maximum absolute atomic E-state index is 12.9. The van der Waals surface area contributed by atoms with Crippen molar-refractivity contribution in [1.29, 1.82) is 0 Å². The van der Waals surface area contributed by atoms with E-state index in [-0.39, 0.29) is 5.82 Å². The molecule has 0 N–H and O–H groups in total. The summed E-state index contributed by atoms with van der Waals surface area (Å²) >= 11 is 3.38. The first kappa shape index (κ1) is 12.1. The summed E-state index contributed by atoms with van der Waals surface area (Å²) in [6.07, 6.45) is 0. The molecule has 2 rings (SSSR count). The van der Waals surface area contributed by atoms with Crippen molar-refractivity contribution in [2.75, 3.05) is 0 Å². The van der Waals surface area contributed by atoms with E-state index in [0.717, 1.165) is 15.6 Å². The van der Waals surface area contributed by atoms with Crippen molar-refractivity contribution in [3.05, 3.63) is 63.9 Å². The van der Waals surface area contributed by atoms with Crippen LogP contribution in [0, 0.1) is 12.7 Å². The lowest BCUT2D eigenvalue weighted by molar-refractivity contribution is 0.303. The number of halogens is 2. The van der Waals surface area contributed by atoms with E-state index in [9.17, 15) is 4.39 Å². The Morgan fingerprint density at radius 2 is 1.82 bits per heavy atom. The number of hydrogen-bond acceptors (Lipinski definition) is 1. The van der Waals surface area contributed by atoms with E-state index >= 15 is 0 Å². The molecule has 0 radical (unpaired) electrons. The van der Waals surface area contributed by atoms with Gasteiger partial charge in [-0.3, -0.25) is 0 Å². The first-order valence-corrected chi connectivity index (χ1v) is 6.08. The standard InChI is InChI=1S/C14H12BrFO/c1-10-8-13(16)6-7-14(10)17-9-11-2-4-12(15)5-3-11/h2-8H,9H2,1H3. The summed E-state index contributed by atoms with van der Waals surface area (Å²) in [4.78, 5) is 0.